The Morgan fingerprint density at radius 3 is 2.04 bits per heavy atom. The molecular weight excluding hydrogens is 412 g/mol. The summed E-state index contributed by atoms with van der Waals surface area (Å²) in [7, 11) is 0. The quantitative estimate of drug-likeness (QED) is 0.522. The third-order valence-corrected chi connectivity index (χ3v) is 5.98. The van der Waals surface area contributed by atoms with Crippen molar-refractivity contribution in [3.05, 3.63) is 71.8 Å². The fourth-order valence-electron chi connectivity index (χ4n) is 2.94. The van der Waals surface area contributed by atoms with E-state index in [1.54, 1.807) is 48.5 Å². The lowest BCUT2D eigenvalue weighted by atomic mass is 9.87. The van der Waals surface area contributed by atoms with Crippen LogP contribution in [0.2, 0.25) is 0 Å². The van der Waals surface area contributed by atoms with Gasteiger partial charge in [0.15, 0.2) is 0 Å². The van der Waals surface area contributed by atoms with Crippen molar-refractivity contribution >= 4 is 27.9 Å². The van der Waals surface area contributed by atoms with E-state index in [1.807, 2.05) is 26.0 Å². The minimum absolute atomic E-state index is 0.00794. The van der Waals surface area contributed by atoms with Gasteiger partial charge in [0, 0.05) is 5.41 Å². The van der Waals surface area contributed by atoms with E-state index in [0.29, 0.717) is 11.1 Å². The summed E-state index contributed by atoms with van der Waals surface area (Å²) in [4.78, 5) is 24.7. The van der Waals surface area contributed by atoms with Crippen LogP contribution in [0.3, 0.4) is 0 Å². The van der Waals surface area contributed by atoms with Crippen molar-refractivity contribution in [2.24, 2.45) is 5.41 Å². The van der Waals surface area contributed by atoms with Crippen LogP contribution in [0.15, 0.2) is 60.7 Å². The SMILES string of the molecule is CC1(C)[C@H](OC(=O)c2ccccc2)[C@@H](COC(=O)c2ccccc2)O[C@@H]1Br. The molecular formula is C21H21BrO5. The summed E-state index contributed by atoms with van der Waals surface area (Å²) in [5, 5.41) is -0.334. The molecule has 27 heavy (non-hydrogen) atoms. The number of carbonyl (C=O) groups excluding carboxylic acids is 2. The second-order valence-corrected chi connectivity index (χ2v) is 7.80. The van der Waals surface area contributed by atoms with E-state index in [0.717, 1.165) is 0 Å². The number of halogens is 1. The molecule has 0 unspecified atom stereocenters. The summed E-state index contributed by atoms with van der Waals surface area (Å²) in [5.74, 6) is -0.874. The van der Waals surface area contributed by atoms with Crippen molar-refractivity contribution in [2.75, 3.05) is 6.61 Å². The van der Waals surface area contributed by atoms with Gasteiger partial charge in [-0.15, -0.1) is 0 Å². The van der Waals surface area contributed by atoms with Gasteiger partial charge in [0.2, 0.25) is 0 Å². The second-order valence-electron chi connectivity index (χ2n) is 6.97. The molecule has 0 spiro atoms. The third kappa shape index (κ3) is 4.39. The molecule has 0 bridgehead atoms. The summed E-state index contributed by atoms with van der Waals surface area (Å²) in [5.41, 5.74) is 0.434. The Morgan fingerprint density at radius 2 is 1.48 bits per heavy atom. The predicted molar refractivity (Wildman–Crippen MR) is 104 cm³/mol. The number of hydrogen-bond donors (Lipinski definition) is 0. The van der Waals surface area contributed by atoms with Gasteiger partial charge in [-0.2, -0.15) is 0 Å². The summed E-state index contributed by atoms with van der Waals surface area (Å²) in [6.45, 7) is 3.87. The van der Waals surface area contributed by atoms with Crippen molar-refractivity contribution in [3.63, 3.8) is 0 Å². The van der Waals surface area contributed by atoms with Crippen LogP contribution in [0.4, 0.5) is 0 Å². The van der Waals surface area contributed by atoms with Crippen LogP contribution < -0.4 is 0 Å². The number of esters is 2. The lowest BCUT2D eigenvalue weighted by molar-refractivity contribution is -0.0371. The number of alkyl halides is 1. The standard InChI is InChI=1S/C21H21BrO5/c1-21(2)17(27-19(24)15-11-7-4-8-12-15)16(26-20(21)22)13-25-18(23)14-9-5-3-6-10-14/h3-12,16-17,20H,13H2,1-2H3/t16-,17-,20+/m1/s1. The number of ether oxygens (including phenoxy) is 3. The van der Waals surface area contributed by atoms with Crippen LogP contribution in [0, 0.1) is 5.41 Å². The fourth-order valence-corrected chi connectivity index (χ4v) is 3.47. The molecule has 0 aromatic heterocycles. The second kappa shape index (κ2) is 8.23. The van der Waals surface area contributed by atoms with Gasteiger partial charge in [0.1, 0.15) is 23.8 Å². The highest BCUT2D eigenvalue weighted by atomic mass is 79.9. The van der Waals surface area contributed by atoms with Crippen molar-refractivity contribution < 1.29 is 23.8 Å². The first kappa shape index (κ1) is 19.6. The molecule has 0 N–H and O–H groups in total. The molecule has 1 saturated heterocycles. The molecule has 6 heteroatoms. The van der Waals surface area contributed by atoms with Crippen LogP contribution in [-0.2, 0) is 14.2 Å². The minimum Gasteiger partial charge on any atom is -0.459 e. The van der Waals surface area contributed by atoms with E-state index in [4.69, 9.17) is 14.2 Å². The topological polar surface area (TPSA) is 61.8 Å². The Labute approximate surface area is 166 Å². The normalized spacial score (nSPS) is 23.6. The zero-order valence-electron chi connectivity index (χ0n) is 15.1. The van der Waals surface area contributed by atoms with Gasteiger partial charge < -0.3 is 14.2 Å². The molecule has 0 saturated carbocycles. The maximum Gasteiger partial charge on any atom is 0.338 e. The molecule has 1 aliphatic rings. The zero-order chi connectivity index (χ0) is 19.4. The maximum absolute atomic E-state index is 12.5. The Balaban J connectivity index is 1.69. The van der Waals surface area contributed by atoms with E-state index < -0.39 is 29.6 Å². The van der Waals surface area contributed by atoms with Gasteiger partial charge in [-0.1, -0.05) is 66.2 Å². The first-order valence-electron chi connectivity index (χ1n) is 8.67. The van der Waals surface area contributed by atoms with E-state index >= 15 is 0 Å². The van der Waals surface area contributed by atoms with E-state index in [-0.39, 0.29) is 11.6 Å². The molecule has 3 atom stereocenters. The molecule has 1 fully saturated rings. The summed E-state index contributed by atoms with van der Waals surface area (Å²) in [6, 6.07) is 17.5. The van der Waals surface area contributed by atoms with E-state index in [9.17, 15) is 9.59 Å². The summed E-state index contributed by atoms with van der Waals surface area (Å²) >= 11 is 3.48. The Bertz CT molecular complexity index is 791. The number of hydrogen-bond acceptors (Lipinski definition) is 5. The van der Waals surface area contributed by atoms with E-state index in [2.05, 4.69) is 15.9 Å². The highest BCUT2D eigenvalue weighted by Crippen LogP contribution is 2.43. The minimum atomic E-state index is -0.571. The van der Waals surface area contributed by atoms with Crippen molar-refractivity contribution in [2.45, 2.75) is 31.1 Å². The highest BCUT2D eigenvalue weighted by molar-refractivity contribution is 9.09. The predicted octanol–water partition coefficient (Wildman–Crippen LogP) is 4.22. The first-order valence-corrected chi connectivity index (χ1v) is 9.59. The lowest BCUT2D eigenvalue weighted by Gasteiger charge is -2.29. The third-order valence-electron chi connectivity index (χ3n) is 4.58. The fraction of sp³-hybridized carbons (Fsp3) is 0.333. The Morgan fingerprint density at radius 1 is 0.963 bits per heavy atom. The van der Waals surface area contributed by atoms with Gasteiger partial charge in [0.05, 0.1) is 11.1 Å². The van der Waals surface area contributed by atoms with Crippen molar-refractivity contribution in [1.82, 2.24) is 0 Å². The van der Waals surface area contributed by atoms with Gasteiger partial charge >= 0.3 is 11.9 Å². The number of rotatable bonds is 5. The van der Waals surface area contributed by atoms with Crippen LogP contribution >= 0.6 is 15.9 Å². The monoisotopic (exact) mass is 432 g/mol. The summed E-state index contributed by atoms with van der Waals surface area (Å²) < 4.78 is 17.0. The number of carbonyl (C=O) groups is 2. The maximum atomic E-state index is 12.5. The Kier molecular flexibility index (Phi) is 5.97. The molecule has 1 aliphatic heterocycles. The largest absolute Gasteiger partial charge is 0.459 e. The number of benzene rings is 2. The molecule has 2 aromatic carbocycles. The first-order chi connectivity index (χ1) is 12.9. The molecule has 5 nitrogen and oxygen atoms in total. The van der Waals surface area contributed by atoms with Gasteiger partial charge in [-0.25, -0.2) is 9.59 Å². The molecule has 0 radical (unpaired) electrons. The van der Waals surface area contributed by atoms with Crippen LogP contribution in [0.25, 0.3) is 0 Å². The Hall–Kier alpha value is -2.18. The smallest absolute Gasteiger partial charge is 0.338 e. The van der Waals surface area contributed by atoms with Gasteiger partial charge in [-0.05, 0) is 24.3 Å². The van der Waals surface area contributed by atoms with Crippen LogP contribution in [0.1, 0.15) is 34.6 Å². The molecule has 0 aliphatic carbocycles. The molecule has 0 amide bonds. The molecule has 142 valence electrons. The van der Waals surface area contributed by atoms with Crippen LogP contribution in [-0.4, -0.2) is 35.8 Å². The summed E-state index contributed by atoms with van der Waals surface area (Å²) in [6.07, 6.45) is -1.14. The average Bonchev–Trinajstić information content (AvgIpc) is 2.90. The molecule has 2 aromatic rings. The van der Waals surface area contributed by atoms with Gasteiger partial charge in [0.25, 0.3) is 0 Å². The van der Waals surface area contributed by atoms with Crippen molar-refractivity contribution in [1.29, 1.82) is 0 Å². The zero-order valence-corrected chi connectivity index (χ0v) is 16.7. The van der Waals surface area contributed by atoms with E-state index in [1.165, 1.54) is 0 Å². The van der Waals surface area contributed by atoms with Crippen molar-refractivity contribution in [3.8, 4) is 0 Å². The highest BCUT2D eigenvalue weighted by Gasteiger charge is 2.52. The molecule has 3 rings (SSSR count). The lowest BCUT2D eigenvalue weighted by Crippen LogP contribution is -2.40. The van der Waals surface area contributed by atoms with Gasteiger partial charge in [-0.3, -0.25) is 0 Å². The van der Waals surface area contributed by atoms with Crippen LogP contribution in [0.5, 0.6) is 0 Å². The molecule has 1 heterocycles. The average molecular weight is 433 g/mol.